The lowest BCUT2D eigenvalue weighted by Gasteiger charge is -2.33. The van der Waals surface area contributed by atoms with Crippen LogP contribution in [0.15, 0.2) is 18.2 Å². The molecule has 8 heteroatoms. The highest BCUT2D eigenvalue weighted by Crippen LogP contribution is 2.30. The Kier molecular flexibility index (Phi) is 4.16. The van der Waals surface area contributed by atoms with Gasteiger partial charge in [0.05, 0.1) is 24.2 Å². The average molecular weight is 281 g/mol. The Balaban J connectivity index is 2.38. The molecule has 2 rings (SSSR count). The molecular formula is C12H15N3O5. The Bertz CT molecular complexity index is 534. The Morgan fingerprint density at radius 3 is 2.95 bits per heavy atom. The van der Waals surface area contributed by atoms with Gasteiger partial charge in [0.2, 0.25) is 5.91 Å². The van der Waals surface area contributed by atoms with Gasteiger partial charge in [-0.25, -0.2) is 0 Å². The lowest BCUT2D eigenvalue weighted by Crippen LogP contribution is -2.44. The third kappa shape index (κ3) is 2.86. The summed E-state index contributed by atoms with van der Waals surface area (Å²) in [6.07, 6.45) is -0.402. The molecule has 0 saturated carbocycles. The van der Waals surface area contributed by atoms with Crippen LogP contribution in [-0.4, -0.2) is 48.3 Å². The summed E-state index contributed by atoms with van der Waals surface area (Å²) in [5, 5.41) is 20.2. The highest BCUT2D eigenvalue weighted by molar-refractivity contribution is 5.94. The second-order valence-electron chi connectivity index (χ2n) is 4.45. The number of carbonyl (C=O) groups is 1. The van der Waals surface area contributed by atoms with Gasteiger partial charge >= 0.3 is 0 Å². The summed E-state index contributed by atoms with van der Waals surface area (Å²) in [5.41, 5.74) is 5.62. The summed E-state index contributed by atoms with van der Waals surface area (Å²) in [4.78, 5) is 23.5. The number of morpholine rings is 1. The lowest BCUT2D eigenvalue weighted by atomic mass is 10.1. The van der Waals surface area contributed by atoms with Crippen molar-refractivity contribution in [3.05, 3.63) is 33.9 Å². The van der Waals surface area contributed by atoms with Crippen molar-refractivity contribution in [2.24, 2.45) is 5.73 Å². The smallest absolute Gasteiger partial charge is 0.292 e. The first-order valence-electron chi connectivity index (χ1n) is 6.08. The van der Waals surface area contributed by atoms with E-state index in [0.29, 0.717) is 25.4 Å². The first-order valence-corrected chi connectivity index (χ1v) is 6.08. The largest absolute Gasteiger partial charge is 0.394 e. The van der Waals surface area contributed by atoms with Gasteiger partial charge in [0.25, 0.3) is 5.69 Å². The highest BCUT2D eigenvalue weighted by atomic mass is 16.6. The zero-order valence-electron chi connectivity index (χ0n) is 10.7. The van der Waals surface area contributed by atoms with Crippen LogP contribution in [0, 0.1) is 10.1 Å². The molecule has 1 unspecified atom stereocenters. The number of hydrogen-bond donors (Lipinski definition) is 2. The van der Waals surface area contributed by atoms with Crippen LogP contribution < -0.4 is 10.6 Å². The number of nitrogens with two attached hydrogens (primary N) is 1. The molecule has 1 saturated heterocycles. The van der Waals surface area contributed by atoms with Crippen LogP contribution in [0.25, 0.3) is 0 Å². The first kappa shape index (κ1) is 14.2. The molecule has 1 fully saturated rings. The summed E-state index contributed by atoms with van der Waals surface area (Å²) >= 11 is 0. The molecule has 3 N–H and O–H groups in total. The highest BCUT2D eigenvalue weighted by Gasteiger charge is 2.26. The molecule has 0 aliphatic carbocycles. The van der Waals surface area contributed by atoms with Crippen molar-refractivity contribution in [3.63, 3.8) is 0 Å². The molecule has 108 valence electrons. The van der Waals surface area contributed by atoms with Crippen molar-refractivity contribution in [2.75, 3.05) is 31.2 Å². The second-order valence-corrected chi connectivity index (χ2v) is 4.45. The molecule has 1 aromatic carbocycles. The minimum Gasteiger partial charge on any atom is -0.394 e. The van der Waals surface area contributed by atoms with Gasteiger partial charge in [0, 0.05) is 24.7 Å². The molecular weight excluding hydrogens is 266 g/mol. The molecule has 1 amide bonds. The van der Waals surface area contributed by atoms with Gasteiger partial charge in [-0.1, -0.05) is 0 Å². The van der Waals surface area contributed by atoms with Crippen LogP contribution in [0.4, 0.5) is 11.4 Å². The van der Waals surface area contributed by atoms with Crippen molar-refractivity contribution >= 4 is 17.3 Å². The second kappa shape index (κ2) is 5.85. The molecule has 1 aliphatic rings. The fourth-order valence-electron chi connectivity index (χ4n) is 2.13. The van der Waals surface area contributed by atoms with Crippen LogP contribution in [-0.2, 0) is 4.74 Å². The standard InChI is InChI=1S/C12H15N3O5/c13-12(17)8-1-2-10(15(18)19)11(5-8)14-3-4-20-9(6-14)7-16/h1-2,5,9,16H,3-4,6-7H2,(H2,13,17). The number of rotatable bonds is 4. The number of hydrogen-bond acceptors (Lipinski definition) is 6. The minimum atomic E-state index is -0.645. The third-order valence-electron chi connectivity index (χ3n) is 3.14. The molecule has 20 heavy (non-hydrogen) atoms. The number of benzene rings is 1. The zero-order chi connectivity index (χ0) is 14.7. The first-order chi connectivity index (χ1) is 9.52. The topological polar surface area (TPSA) is 119 Å². The van der Waals surface area contributed by atoms with Gasteiger partial charge in [-0.2, -0.15) is 0 Å². The number of nitrogens with zero attached hydrogens (tertiary/aromatic N) is 2. The summed E-state index contributed by atoms with van der Waals surface area (Å²) in [6, 6.07) is 3.99. The predicted molar refractivity (Wildman–Crippen MR) is 70.7 cm³/mol. The molecule has 0 spiro atoms. The van der Waals surface area contributed by atoms with E-state index in [2.05, 4.69) is 0 Å². The number of amides is 1. The van der Waals surface area contributed by atoms with Gasteiger partial charge in [0.1, 0.15) is 5.69 Å². The SMILES string of the molecule is NC(=O)c1ccc([N+](=O)[O-])c(N2CCOC(CO)C2)c1. The number of anilines is 1. The van der Waals surface area contributed by atoms with E-state index >= 15 is 0 Å². The van der Waals surface area contributed by atoms with E-state index in [1.165, 1.54) is 18.2 Å². The lowest BCUT2D eigenvalue weighted by molar-refractivity contribution is -0.384. The van der Waals surface area contributed by atoms with E-state index in [0.717, 1.165) is 0 Å². The molecule has 1 aliphatic heterocycles. The fourth-order valence-corrected chi connectivity index (χ4v) is 2.13. The maximum atomic E-state index is 11.2. The molecule has 0 radical (unpaired) electrons. The number of nitro groups is 1. The van der Waals surface area contributed by atoms with Gasteiger partial charge < -0.3 is 20.5 Å². The molecule has 1 atom stereocenters. The fraction of sp³-hybridized carbons (Fsp3) is 0.417. The number of nitro benzene ring substituents is 1. The Morgan fingerprint density at radius 2 is 2.35 bits per heavy atom. The van der Waals surface area contributed by atoms with Crippen LogP contribution >= 0.6 is 0 Å². The zero-order valence-corrected chi connectivity index (χ0v) is 10.7. The van der Waals surface area contributed by atoms with Crippen LogP contribution in [0.3, 0.4) is 0 Å². The summed E-state index contributed by atoms with van der Waals surface area (Å²) < 4.78 is 5.30. The van der Waals surface area contributed by atoms with Crippen LogP contribution in [0.2, 0.25) is 0 Å². The van der Waals surface area contributed by atoms with E-state index in [-0.39, 0.29) is 17.9 Å². The van der Waals surface area contributed by atoms with Crippen LogP contribution in [0.5, 0.6) is 0 Å². The van der Waals surface area contributed by atoms with E-state index in [1.807, 2.05) is 0 Å². The molecule has 0 bridgehead atoms. The van der Waals surface area contributed by atoms with Crippen LogP contribution in [0.1, 0.15) is 10.4 Å². The van der Waals surface area contributed by atoms with E-state index < -0.39 is 16.9 Å². The molecule has 1 aromatic rings. The van der Waals surface area contributed by atoms with Gasteiger partial charge in [-0.05, 0) is 12.1 Å². The molecule has 1 heterocycles. The Hall–Kier alpha value is -2.19. The van der Waals surface area contributed by atoms with Gasteiger partial charge in [0.15, 0.2) is 0 Å². The minimum absolute atomic E-state index is 0.103. The van der Waals surface area contributed by atoms with Crippen molar-refractivity contribution in [3.8, 4) is 0 Å². The van der Waals surface area contributed by atoms with E-state index in [4.69, 9.17) is 15.6 Å². The Labute approximate surface area is 114 Å². The monoisotopic (exact) mass is 281 g/mol. The predicted octanol–water partition coefficient (Wildman–Crippen LogP) is -0.109. The normalized spacial score (nSPS) is 18.9. The van der Waals surface area contributed by atoms with Crippen molar-refractivity contribution in [1.82, 2.24) is 0 Å². The summed E-state index contributed by atoms with van der Waals surface area (Å²) in [5.74, 6) is -0.645. The maximum Gasteiger partial charge on any atom is 0.292 e. The quantitative estimate of drug-likeness (QED) is 0.587. The van der Waals surface area contributed by atoms with Crippen molar-refractivity contribution < 1.29 is 19.6 Å². The Morgan fingerprint density at radius 1 is 1.60 bits per heavy atom. The third-order valence-corrected chi connectivity index (χ3v) is 3.14. The van der Waals surface area contributed by atoms with Gasteiger partial charge in [-0.3, -0.25) is 14.9 Å². The van der Waals surface area contributed by atoms with E-state index in [1.54, 1.807) is 4.90 Å². The van der Waals surface area contributed by atoms with Crippen molar-refractivity contribution in [1.29, 1.82) is 0 Å². The number of ether oxygens (including phenoxy) is 1. The summed E-state index contributed by atoms with van der Waals surface area (Å²) in [6.45, 7) is 0.947. The summed E-state index contributed by atoms with van der Waals surface area (Å²) in [7, 11) is 0. The average Bonchev–Trinajstić information content (AvgIpc) is 2.46. The number of aliphatic hydroxyl groups excluding tert-OH is 1. The molecule has 8 nitrogen and oxygen atoms in total. The van der Waals surface area contributed by atoms with Gasteiger partial charge in [-0.15, -0.1) is 0 Å². The van der Waals surface area contributed by atoms with E-state index in [9.17, 15) is 14.9 Å². The maximum absolute atomic E-state index is 11.2. The molecule has 0 aromatic heterocycles. The van der Waals surface area contributed by atoms with Crippen molar-refractivity contribution in [2.45, 2.75) is 6.10 Å². The number of carbonyl (C=O) groups excluding carboxylic acids is 1. The number of aliphatic hydroxyl groups is 1. The number of primary amides is 1.